The quantitative estimate of drug-likeness (QED) is 0.690. The van der Waals surface area contributed by atoms with Crippen LogP contribution in [0.2, 0.25) is 0 Å². The minimum absolute atomic E-state index is 0.126. The van der Waals surface area contributed by atoms with Crippen LogP contribution < -0.4 is 10.6 Å². The van der Waals surface area contributed by atoms with E-state index < -0.39 is 0 Å². The zero-order valence-corrected chi connectivity index (χ0v) is 11.0. The van der Waals surface area contributed by atoms with Crippen molar-refractivity contribution < 1.29 is 9.53 Å². The zero-order chi connectivity index (χ0) is 13.2. The predicted octanol–water partition coefficient (Wildman–Crippen LogP) is 1.67. The van der Waals surface area contributed by atoms with Crippen LogP contribution >= 0.6 is 0 Å². The average molecular weight is 251 g/mol. The van der Waals surface area contributed by atoms with Gasteiger partial charge in [0, 0.05) is 32.6 Å². The molecule has 0 spiro atoms. The first-order valence-corrected chi connectivity index (χ1v) is 6.24. The lowest BCUT2D eigenvalue weighted by Crippen LogP contribution is -2.27. The second-order valence-electron chi connectivity index (χ2n) is 3.99. The molecule has 0 aliphatic rings. The number of carbonyl (C=O) groups excluding carboxylic acids is 1. The van der Waals surface area contributed by atoms with Crippen molar-refractivity contribution in [2.75, 3.05) is 32.1 Å². The molecule has 2 N–H and O–H groups in total. The van der Waals surface area contributed by atoms with E-state index in [4.69, 9.17) is 4.74 Å². The largest absolute Gasteiger partial charge is 0.384 e. The fraction of sp³-hybridized carbons (Fsp3) is 0.538. The normalized spacial score (nSPS) is 10.1. The Bertz CT molecular complexity index is 369. The molecule has 5 nitrogen and oxygen atoms in total. The molecule has 0 atom stereocenters. The number of hydrogen-bond acceptors (Lipinski definition) is 4. The van der Waals surface area contributed by atoms with Crippen molar-refractivity contribution >= 4 is 11.6 Å². The summed E-state index contributed by atoms with van der Waals surface area (Å²) in [6.45, 7) is 4.04. The van der Waals surface area contributed by atoms with E-state index in [1.54, 1.807) is 19.5 Å². The molecule has 0 bridgehead atoms. The number of methoxy groups -OCH3 is 1. The van der Waals surface area contributed by atoms with Crippen LogP contribution in [-0.4, -0.2) is 37.7 Å². The number of anilines is 1. The molecule has 5 heteroatoms. The number of hydrogen-bond donors (Lipinski definition) is 2. The van der Waals surface area contributed by atoms with E-state index in [0.29, 0.717) is 18.7 Å². The molecule has 0 radical (unpaired) electrons. The molecule has 1 heterocycles. The zero-order valence-electron chi connectivity index (χ0n) is 11.0. The SMILES string of the molecule is CCCCNc1cncc(C(=O)NCCOC)c1. The maximum atomic E-state index is 11.8. The minimum Gasteiger partial charge on any atom is -0.384 e. The van der Waals surface area contributed by atoms with Gasteiger partial charge < -0.3 is 15.4 Å². The summed E-state index contributed by atoms with van der Waals surface area (Å²) in [6, 6.07) is 1.81. The van der Waals surface area contributed by atoms with Crippen LogP contribution in [0, 0.1) is 0 Å². The van der Waals surface area contributed by atoms with Crippen LogP contribution in [0.3, 0.4) is 0 Å². The number of aromatic nitrogens is 1. The molecule has 0 saturated carbocycles. The Morgan fingerprint density at radius 2 is 2.22 bits per heavy atom. The Labute approximate surface area is 108 Å². The lowest BCUT2D eigenvalue weighted by molar-refractivity contribution is 0.0937. The van der Waals surface area contributed by atoms with Gasteiger partial charge in [-0.3, -0.25) is 9.78 Å². The first kappa shape index (κ1) is 14.4. The van der Waals surface area contributed by atoms with Crippen molar-refractivity contribution in [2.45, 2.75) is 19.8 Å². The fourth-order valence-electron chi connectivity index (χ4n) is 1.44. The fourth-order valence-corrected chi connectivity index (χ4v) is 1.44. The Morgan fingerprint density at radius 1 is 1.39 bits per heavy atom. The molecule has 0 aliphatic heterocycles. The van der Waals surface area contributed by atoms with Crippen LogP contribution in [-0.2, 0) is 4.74 Å². The third-order valence-electron chi connectivity index (χ3n) is 2.45. The molecule has 1 rings (SSSR count). The van der Waals surface area contributed by atoms with Crippen molar-refractivity contribution in [2.24, 2.45) is 0 Å². The van der Waals surface area contributed by atoms with Gasteiger partial charge >= 0.3 is 0 Å². The van der Waals surface area contributed by atoms with E-state index in [2.05, 4.69) is 22.5 Å². The summed E-state index contributed by atoms with van der Waals surface area (Å²) in [6.07, 6.45) is 5.52. The Hall–Kier alpha value is -1.62. The second kappa shape index (κ2) is 8.47. The number of ether oxygens (including phenoxy) is 1. The Balaban J connectivity index is 2.49. The van der Waals surface area contributed by atoms with Gasteiger partial charge in [0.15, 0.2) is 0 Å². The molecule has 0 fully saturated rings. The lowest BCUT2D eigenvalue weighted by Gasteiger charge is -2.07. The van der Waals surface area contributed by atoms with E-state index in [-0.39, 0.29) is 5.91 Å². The lowest BCUT2D eigenvalue weighted by atomic mass is 10.2. The number of amides is 1. The highest BCUT2D eigenvalue weighted by atomic mass is 16.5. The van der Waals surface area contributed by atoms with Gasteiger partial charge in [0.1, 0.15) is 0 Å². The van der Waals surface area contributed by atoms with Crippen molar-refractivity contribution in [3.63, 3.8) is 0 Å². The third-order valence-corrected chi connectivity index (χ3v) is 2.45. The summed E-state index contributed by atoms with van der Waals surface area (Å²) in [7, 11) is 1.60. The molecule has 0 unspecified atom stereocenters. The summed E-state index contributed by atoms with van der Waals surface area (Å²) in [5, 5.41) is 6.00. The van der Waals surface area contributed by atoms with E-state index in [0.717, 1.165) is 25.1 Å². The van der Waals surface area contributed by atoms with Gasteiger partial charge in [-0.05, 0) is 12.5 Å². The summed E-state index contributed by atoms with van der Waals surface area (Å²) >= 11 is 0. The van der Waals surface area contributed by atoms with Crippen LogP contribution in [0.5, 0.6) is 0 Å². The maximum Gasteiger partial charge on any atom is 0.253 e. The second-order valence-corrected chi connectivity index (χ2v) is 3.99. The van der Waals surface area contributed by atoms with Gasteiger partial charge in [0.2, 0.25) is 0 Å². The molecule has 1 amide bonds. The third kappa shape index (κ3) is 5.14. The number of nitrogens with zero attached hydrogens (tertiary/aromatic N) is 1. The van der Waals surface area contributed by atoms with Gasteiger partial charge in [0.25, 0.3) is 5.91 Å². The van der Waals surface area contributed by atoms with E-state index in [1.807, 2.05) is 6.07 Å². The molecular weight excluding hydrogens is 230 g/mol. The first-order chi connectivity index (χ1) is 8.77. The van der Waals surface area contributed by atoms with E-state index in [1.165, 1.54) is 0 Å². The molecule has 18 heavy (non-hydrogen) atoms. The average Bonchev–Trinajstić information content (AvgIpc) is 2.39. The van der Waals surface area contributed by atoms with Crippen LogP contribution in [0.1, 0.15) is 30.1 Å². The number of unbranched alkanes of at least 4 members (excludes halogenated alkanes) is 1. The summed E-state index contributed by atoms with van der Waals surface area (Å²) in [5.74, 6) is -0.126. The highest BCUT2D eigenvalue weighted by Crippen LogP contribution is 2.08. The van der Waals surface area contributed by atoms with Gasteiger partial charge in [-0.1, -0.05) is 13.3 Å². The number of pyridine rings is 1. The smallest absolute Gasteiger partial charge is 0.253 e. The number of carbonyl (C=O) groups is 1. The molecule has 1 aromatic heterocycles. The van der Waals surface area contributed by atoms with Crippen LogP contribution in [0.25, 0.3) is 0 Å². The summed E-state index contributed by atoms with van der Waals surface area (Å²) < 4.78 is 4.87. The molecule has 100 valence electrons. The van der Waals surface area contributed by atoms with Crippen LogP contribution in [0.4, 0.5) is 5.69 Å². The molecule has 0 aliphatic carbocycles. The highest BCUT2D eigenvalue weighted by molar-refractivity contribution is 5.94. The van der Waals surface area contributed by atoms with Gasteiger partial charge in [-0.25, -0.2) is 0 Å². The first-order valence-electron chi connectivity index (χ1n) is 6.24. The number of rotatable bonds is 8. The Morgan fingerprint density at radius 3 is 2.94 bits per heavy atom. The molecule has 0 aromatic carbocycles. The number of nitrogens with one attached hydrogen (secondary N) is 2. The molecule has 0 saturated heterocycles. The van der Waals surface area contributed by atoms with Crippen molar-refractivity contribution in [1.82, 2.24) is 10.3 Å². The summed E-state index contributed by atoms with van der Waals surface area (Å²) in [5.41, 5.74) is 1.44. The van der Waals surface area contributed by atoms with Crippen molar-refractivity contribution in [1.29, 1.82) is 0 Å². The Kier molecular flexibility index (Phi) is 6.79. The monoisotopic (exact) mass is 251 g/mol. The topological polar surface area (TPSA) is 63.2 Å². The molecular formula is C13H21N3O2. The minimum atomic E-state index is -0.126. The van der Waals surface area contributed by atoms with Crippen LogP contribution in [0.15, 0.2) is 18.5 Å². The predicted molar refractivity (Wildman–Crippen MR) is 71.8 cm³/mol. The standard InChI is InChI=1S/C13H21N3O2/c1-3-4-5-15-12-8-11(9-14-10-12)13(17)16-6-7-18-2/h8-10,15H,3-7H2,1-2H3,(H,16,17). The van der Waals surface area contributed by atoms with Crippen molar-refractivity contribution in [3.8, 4) is 0 Å². The van der Waals surface area contributed by atoms with Gasteiger partial charge in [0.05, 0.1) is 17.9 Å². The van der Waals surface area contributed by atoms with Crippen molar-refractivity contribution in [3.05, 3.63) is 24.0 Å². The highest BCUT2D eigenvalue weighted by Gasteiger charge is 2.05. The van der Waals surface area contributed by atoms with E-state index >= 15 is 0 Å². The molecule has 1 aromatic rings. The maximum absolute atomic E-state index is 11.8. The van der Waals surface area contributed by atoms with E-state index in [9.17, 15) is 4.79 Å². The van der Waals surface area contributed by atoms with Gasteiger partial charge in [-0.15, -0.1) is 0 Å². The summed E-state index contributed by atoms with van der Waals surface area (Å²) in [4.78, 5) is 15.8. The van der Waals surface area contributed by atoms with Gasteiger partial charge in [-0.2, -0.15) is 0 Å².